The van der Waals surface area contributed by atoms with Gasteiger partial charge in [-0.1, -0.05) is 17.7 Å². The topological polar surface area (TPSA) is 25.2 Å². The fourth-order valence-electron chi connectivity index (χ4n) is 2.11. The molecule has 1 N–H and O–H groups in total. The van der Waals surface area contributed by atoms with Crippen molar-refractivity contribution >= 4 is 27.5 Å². The molecule has 0 aliphatic carbocycles. The van der Waals surface area contributed by atoms with Gasteiger partial charge in [-0.15, -0.1) is 0 Å². The summed E-state index contributed by atoms with van der Waals surface area (Å²) in [7, 11) is 0. The van der Waals surface area contributed by atoms with Crippen molar-refractivity contribution in [2.24, 2.45) is 0 Å². The van der Waals surface area contributed by atoms with Gasteiger partial charge in [-0.25, -0.2) is 0 Å². The maximum Gasteiger partial charge on any atom is 0.105 e. The molecule has 0 saturated carbocycles. The molecule has 0 spiro atoms. The molecule has 0 aliphatic rings. The van der Waals surface area contributed by atoms with Crippen molar-refractivity contribution in [3.8, 4) is 0 Å². The minimum Gasteiger partial charge on any atom is -0.466 e. The van der Waals surface area contributed by atoms with E-state index in [0.29, 0.717) is 0 Å². The third-order valence-electron chi connectivity index (χ3n) is 3.14. The van der Waals surface area contributed by atoms with Crippen molar-refractivity contribution in [3.05, 3.63) is 56.4 Å². The van der Waals surface area contributed by atoms with Crippen LogP contribution in [0.15, 0.2) is 33.2 Å². The van der Waals surface area contributed by atoms with Crippen LogP contribution in [0.1, 0.15) is 35.6 Å². The molecule has 1 unspecified atom stereocenters. The van der Waals surface area contributed by atoms with Gasteiger partial charge in [0, 0.05) is 22.6 Å². The number of nitrogens with one attached hydrogen (secondary N) is 1. The Hall–Kier alpha value is -0.770. The summed E-state index contributed by atoms with van der Waals surface area (Å²) < 4.78 is 6.48. The molecule has 1 aromatic carbocycles. The Morgan fingerprint density at radius 3 is 2.63 bits per heavy atom. The lowest BCUT2D eigenvalue weighted by Crippen LogP contribution is -2.18. The highest BCUT2D eigenvalue weighted by Crippen LogP contribution is 2.24. The van der Waals surface area contributed by atoms with Gasteiger partial charge in [0.15, 0.2) is 0 Å². The Kier molecular flexibility index (Phi) is 4.71. The Bertz CT molecular complexity index is 580. The fraction of sp³-hybridized carbons (Fsp3) is 0.333. The molecule has 102 valence electrons. The predicted octanol–water partition coefficient (Wildman–Crippen LogP) is 5.16. The van der Waals surface area contributed by atoms with E-state index in [9.17, 15) is 0 Å². The van der Waals surface area contributed by atoms with Crippen LogP contribution >= 0.6 is 27.5 Å². The summed E-state index contributed by atoms with van der Waals surface area (Å²) in [4.78, 5) is 0. The molecule has 0 aliphatic heterocycles. The molecule has 0 fully saturated rings. The van der Waals surface area contributed by atoms with Gasteiger partial charge >= 0.3 is 0 Å². The molecule has 1 atom stereocenters. The zero-order valence-electron chi connectivity index (χ0n) is 11.3. The quantitative estimate of drug-likeness (QED) is 0.830. The molecule has 19 heavy (non-hydrogen) atoms. The van der Waals surface area contributed by atoms with Gasteiger partial charge in [0.2, 0.25) is 0 Å². The number of aryl methyl sites for hydroxylation is 2. The second-order valence-corrected chi connectivity index (χ2v) is 5.98. The second-order valence-electron chi connectivity index (χ2n) is 4.72. The summed E-state index contributed by atoms with van der Waals surface area (Å²) in [5.74, 6) is 1.94. The lowest BCUT2D eigenvalue weighted by molar-refractivity contribution is 0.489. The molecular formula is C15H17BrClNO. The zero-order valence-corrected chi connectivity index (χ0v) is 13.6. The third kappa shape index (κ3) is 3.62. The minimum absolute atomic E-state index is 0.256. The summed E-state index contributed by atoms with van der Waals surface area (Å²) in [6.45, 7) is 6.90. The van der Waals surface area contributed by atoms with Crippen LogP contribution in [0, 0.1) is 13.8 Å². The first-order valence-corrected chi connectivity index (χ1v) is 7.38. The average Bonchev–Trinajstić information content (AvgIpc) is 2.70. The Balaban J connectivity index is 2.02. The van der Waals surface area contributed by atoms with E-state index in [-0.39, 0.29) is 6.04 Å². The van der Waals surface area contributed by atoms with Crippen LogP contribution in [-0.2, 0) is 6.54 Å². The number of furan rings is 1. The Morgan fingerprint density at radius 1 is 1.32 bits per heavy atom. The second kappa shape index (κ2) is 6.12. The first kappa shape index (κ1) is 14.6. The highest BCUT2D eigenvalue weighted by molar-refractivity contribution is 9.10. The SMILES string of the molecule is Cc1cc(C(C)NCc2ccc(Cl)c(Br)c2)c(C)o1. The monoisotopic (exact) mass is 341 g/mol. The van der Waals surface area contributed by atoms with Crippen molar-refractivity contribution in [1.29, 1.82) is 0 Å². The van der Waals surface area contributed by atoms with Crippen molar-refractivity contribution in [1.82, 2.24) is 5.32 Å². The van der Waals surface area contributed by atoms with Crippen LogP contribution in [0.3, 0.4) is 0 Å². The number of hydrogen-bond donors (Lipinski definition) is 1. The van der Waals surface area contributed by atoms with Crippen LogP contribution in [0.25, 0.3) is 0 Å². The van der Waals surface area contributed by atoms with Crippen LogP contribution in [0.5, 0.6) is 0 Å². The molecule has 1 aromatic heterocycles. The third-order valence-corrected chi connectivity index (χ3v) is 4.36. The molecule has 2 rings (SSSR count). The maximum atomic E-state index is 5.98. The minimum atomic E-state index is 0.256. The molecule has 0 bridgehead atoms. The molecule has 2 aromatic rings. The number of benzene rings is 1. The predicted molar refractivity (Wildman–Crippen MR) is 82.6 cm³/mol. The number of halogens is 2. The summed E-state index contributed by atoms with van der Waals surface area (Å²) in [5.41, 5.74) is 2.41. The van der Waals surface area contributed by atoms with Crippen molar-refractivity contribution in [2.75, 3.05) is 0 Å². The molecular weight excluding hydrogens is 326 g/mol. The van der Waals surface area contributed by atoms with E-state index in [2.05, 4.69) is 34.2 Å². The van der Waals surface area contributed by atoms with Gasteiger partial charge in [-0.2, -0.15) is 0 Å². The fourth-order valence-corrected chi connectivity index (χ4v) is 2.65. The summed E-state index contributed by atoms with van der Waals surface area (Å²) >= 11 is 9.42. The van der Waals surface area contributed by atoms with Crippen LogP contribution in [0.2, 0.25) is 5.02 Å². The molecule has 0 amide bonds. The summed E-state index contributed by atoms with van der Waals surface area (Å²) in [6, 6.07) is 8.31. The lowest BCUT2D eigenvalue weighted by atomic mass is 10.1. The van der Waals surface area contributed by atoms with Gasteiger partial charge in [0.1, 0.15) is 11.5 Å². The van der Waals surface area contributed by atoms with E-state index in [0.717, 1.165) is 27.6 Å². The Morgan fingerprint density at radius 2 is 2.05 bits per heavy atom. The van der Waals surface area contributed by atoms with E-state index in [1.54, 1.807) is 0 Å². The van der Waals surface area contributed by atoms with Crippen LogP contribution in [0.4, 0.5) is 0 Å². The molecule has 2 nitrogen and oxygen atoms in total. The summed E-state index contributed by atoms with van der Waals surface area (Å²) in [6.07, 6.45) is 0. The first-order valence-electron chi connectivity index (χ1n) is 6.21. The maximum absolute atomic E-state index is 5.98. The smallest absolute Gasteiger partial charge is 0.105 e. The summed E-state index contributed by atoms with van der Waals surface area (Å²) in [5, 5.41) is 4.23. The average molecular weight is 343 g/mol. The van der Waals surface area contributed by atoms with Crippen LogP contribution in [-0.4, -0.2) is 0 Å². The van der Waals surface area contributed by atoms with E-state index < -0.39 is 0 Å². The van der Waals surface area contributed by atoms with Gasteiger partial charge in [-0.05, 0) is 60.5 Å². The first-order chi connectivity index (χ1) is 8.97. The molecule has 4 heteroatoms. The highest BCUT2D eigenvalue weighted by atomic mass is 79.9. The van der Waals surface area contributed by atoms with Crippen molar-refractivity contribution in [3.63, 3.8) is 0 Å². The standard InChI is InChI=1S/C15H17BrClNO/c1-9-6-13(11(3)19-9)10(2)18-8-12-4-5-15(17)14(16)7-12/h4-7,10,18H,8H2,1-3H3. The van der Waals surface area contributed by atoms with Gasteiger partial charge in [0.05, 0.1) is 5.02 Å². The lowest BCUT2D eigenvalue weighted by Gasteiger charge is -2.13. The van der Waals surface area contributed by atoms with E-state index in [1.165, 1.54) is 11.1 Å². The highest BCUT2D eigenvalue weighted by Gasteiger charge is 2.12. The van der Waals surface area contributed by atoms with Crippen molar-refractivity contribution < 1.29 is 4.42 Å². The largest absolute Gasteiger partial charge is 0.466 e. The normalized spacial score (nSPS) is 12.7. The van der Waals surface area contributed by atoms with E-state index >= 15 is 0 Å². The van der Waals surface area contributed by atoms with Crippen molar-refractivity contribution in [2.45, 2.75) is 33.4 Å². The van der Waals surface area contributed by atoms with Gasteiger partial charge < -0.3 is 9.73 Å². The zero-order chi connectivity index (χ0) is 14.0. The molecule has 0 saturated heterocycles. The van der Waals surface area contributed by atoms with Gasteiger partial charge in [0.25, 0.3) is 0 Å². The molecule has 0 radical (unpaired) electrons. The number of rotatable bonds is 4. The van der Waals surface area contributed by atoms with Crippen LogP contribution < -0.4 is 5.32 Å². The number of hydrogen-bond acceptors (Lipinski definition) is 2. The van der Waals surface area contributed by atoms with E-state index in [4.69, 9.17) is 16.0 Å². The molecule has 1 heterocycles. The van der Waals surface area contributed by atoms with E-state index in [1.807, 2.05) is 32.0 Å². The van der Waals surface area contributed by atoms with Gasteiger partial charge in [-0.3, -0.25) is 0 Å². The Labute approximate surface area is 127 Å².